The molecule has 4 aliphatic rings. The van der Waals surface area contributed by atoms with Crippen molar-refractivity contribution in [1.29, 1.82) is 0 Å². The Balaban J connectivity index is 1.64. The topological polar surface area (TPSA) is 297 Å². The number of nitrogens with zero attached hydrogens (tertiary/aromatic N) is 1. The summed E-state index contributed by atoms with van der Waals surface area (Å²) in [5.41, 5.74) is 11.7. The molecule has 18 heteroatoms. The molecule has 0 aromatic heterocycles. The van der Waals surface area contributed by atoms with E-state index >= 15 is 0 Å². The summed E-state index contributed by atoms with van der Waals surface area (Å²) < 4.78 is 27.9. The summed E-state index contributed by atoms with van der Waals surface area (Å²) >= 11 is 0. The fourth-order valence-corrected chi connectivity index (χ4v) is 5.12. The van der Waals surface area contributed by atoms with Crippen LogP contribution in [0, 0.1) is 0 Å². The number of nitrogens with two attached hydrogens (primary N) is 2. The lowest BCUT2D eigenvalue weighted by Gasteiger charge is -2.50. The molecule has 4 aliphatic heterocycles. The summed E-state index contributed by atoms with van der Waals surface area (Å²) in [6.45, 7) is -2.33. The van der Waals surface area contributed by atoms with E-state index in [4.69, 9.17) is 35.2 Å². The van der Waals surface area contributed by atoms with Crippen LogP contribution in [0.2, 0.25) is 0 Å². The van der Waals surface area contributed by atoms with Gasteiger partial charge in [0.05, 0.1) is 31.9 Å². The van der Waals surface area contributed by atoms with E-state index in [1.807, 2.05) is 0 Å². The summed E-state index contributed by atoms with van der Waals surface area (Å²) in [5.74, 6) is -1.74. The van der Waals surface area contributed by atoms with E-state index in [2.05, 4.69) is 0 Å². The van der Waals surface area contributed by atoms with Gasteiger partial charge in [-0.15, -0.1) is 0 Å². The van der Waals surface area contributed by atoms with Gasteiger partial charge in [-0.25, -0.2) is 0 Å². The monoisotopic (exact) mass is 581 g/mol. The minimum atomic E-state index is -1.88. The fraction of sp³-hybridized carbons (Fsp3) is 0.818. The van der Waals surface area contributed by atoms with Crippen LogP contribution in [0.4, 0.5) is 0 Å². The fourth-order valence-electron chi connectivity index (χ4n) is 5.12. The molecule has 0 aromatic carbocycles. The smallest absolute Gasteiger partial charge is 0.254 e. The first-order valence-corrected chi connectivity index (χ1v) is 12.5. The molecule has 2 amide bonds. The van der Waals surface area contributed by atoms with Crippen molar-refractivity contribution in [1.82, 2.24) is 4.90 Å². The number of hydrogen-bond donors (Lipinski definition) is 10. The van der Waals surface area contributed by atoms with E-state index < -0.39 is 124 Å². The van der Waals surface area contributed by atoms with Crippen LogP contribution in [-0.2, 0) is 33.3 Å². The van der Waals surface area contributed by atoms with Crippen molar-refractivity contribution in [3.05, 3.63) is 12.2 Å². The van der Waals surface area contributed by atoms with Crippen LogP contribution in [0.3, 0.4) is 0 Å². The Morgan fingerprint density at radius 1 is 0.675 bits per heavy atom. The van der Waals surface area contributed by atoms with Crippen molar-refractivity contribution in [3.8, 4) is 0 Å². The average Bonchev–Trinajstić information content (AvgIpc) is 3.27. The van der Waals surface area contributed by atoms with E-state index in [9.17, 15) is 50.4 Å². The van der Waals surface area contributed by atoms with Crippen molar-refractivity contribution < 1.29 is 74.1 Å². The molecule has 2 unspecified atom stereocenters. The number of carbonyl (C=O) groups excluding carboxylic acids is 2. The van der Waals surface area contributed by atoms with Crippen LogP contribution in [0.5, 0.6) is 0 Å². The molecule has 0 bridgehead atoms. The molecule has 0 aromatic rings. The highest BCUT2D eigenvalue weighted by Crippen LogP contribution is 2.34. The minimum Gasteiger partial charge on any atom is -0.394 e. The van der Waals surface area contributed by atoms with Gasteiger partial charge in [0.2, 0.25) is 0 Å². The Hall–Kier alpha value is -1.72. The van der Waals surface area contributed by atoms with Gasteiger partial charge in [-0.2, -0.15) is 0 Å². The summed E-state index contributed by atoms with van der Waals surface area (Å²) in [4.78, 5) is 25.8. The van der Waals surface area contributed by atoms with Gasteiger partial charge < -0.3 is 76.0 Å². The molecule has 18 nitrogen and oxygen atoms in total. The Morgan fingerprint density at radius 2 is 1.18 bits per heavy atom. The number of aliphatic hydroxyl groups is 8. The number of hydrogen-bond acceptors (Lipinski definition) is 17. The van der Waals surface area contributed by atoms with E-state index in [0.29, 0.717) is 4.90 Å². The summed E-state index contributed by atoms with van der Waals surface area (Å²) in [6, 6.07) is -4.49. The highest BCUT2D eigenvalue weighted by atomic mass is 16.7. The zero-order valence-electron chi connectivity index (χ0n) is 21.0. The van der Waals surface area contributed by atoms with Crippen LogP contribution in [0.15, 0.2) is 12.2 Å². The molecule has 4 heterocycles. The van der Waals surface area contributed by atoms with Gasteiger partial charge in [-0.3, -0.25) is 14.5 Å². The predicted octanol–water partition coefficient (Wildman–Crippen LogP) is -7.71. The lowest BCUT2D eigenvalue weighted by Crippen LogP contribution is -2.70. The molecule has 228 valence electrons. The number of ether oxygens (including phenoxy) is 5. The highest BCUT2D eigenvalue weighted by Gasteiger charge is 2.56. The molecular weight excluding hydrogens is 546 g/mol. The van der Waals surface area contributed by atoms with E-state index in [1.54, 1.807) is 0 Å². The molecular formula is C22H35N3O15. The summed E-state index contributed by atoms with van der Waals surface area (Å²) in [6.07, 6.45) is -17.1. The van der Waals surface area contributed by atoms with E-state index in [0.717, 1.165) is 12.2 Å². The standard InChI is InChI=1S/C22H35N3O15/c23-11-16(33)18(7(4-27)36-20(11)35)40-22-13(25-9(29)1-2-10(25)30)17(34)19(8(5-28)38-22)39-21-12(24)15(32)14(31)6(3-26)37-21/h1-2,6-8,11-22,26-28,31-35H,3-5,23-24H2/t6-,7-,8-,11-,12-,13-,14-,15-,16-,17-,18?,19?,20-,21+,22+/m1/s1. The van der Waals surface area contributed by atoms with E-state index in [-0.39, 0.29) is 0 Å². The van der Waals surface area contributed by atoms with Crippen LogP contribution in [0.1, 0.15) is 0 Å². The molecule has 0 radical (unpaired) electrons. The maximum absolute atomic E-state index is 12.6. The minimum absolute atomic E-state index is 0.592. The van der Waals surface area contributed by atoms with Crippen LogP contribution < -0.4 is 11.5 Å². The maximum atomic E-state index is 12.6. The molecule has 0 saturated carbocycles. The lowest BCUT2D eigenvalue weighted by molar-refractivity contribution is -0.355. The molecule has 0 spiro atoms. The molecule has 40 heavy (non-hydrogen) atoms. The molecule has 0 aliphatic carbocycles. The summed E-state index contributed by atoms with van der Waals surface area (Å²) in [5, 5.41) is 81.6. The zero-order valence-corrected chi connectivity index (χ0v) is 21.0. The zero-order chi connectivity index (χ0) is 29.5. The second-order valence-electron chi connectivity index (χ2n) is 9.89. The lowest BCUT2D eigenvalue weighted by atomic mass is 9.93. The van der Waals surface area contributed by atoms with Gasteiger partial charge in [0, 0.05) is 12.2 Å². The third kappa shape index (κ3) is 5.67. The van der Waals surface area contributed by atoms with Gasteiger partial charge in [-0.1, -0.05) is 0 Å². The SMILES string of the molecule is N[C@H]1[C@H](OC2[C@@H](CO)O[C@@H](OC3[C@@H](CO)O[C@@H](O)[C@H](N)[C@H]3O)[C@H](N3C(=O)C=CC3=O)[C@H]2O)O[C@H](CO)[C@@H](O)[C@@H]1O. The molecule has 3 fully saturated rings. The van der Waals surface area contributed by atoms with Crippen LogP contribution in [0.25, 0.3) is 0 Å². The average molecular weight is 582 g/mol. The van der Waals surface area contributed by atoms with Crippen molar-refractivity contribution in [2.45, 2.75) is 91.9 Å². The largest absolute Gasteiger partial charge is 0.394 e. The van der Waals surface area contributed by atoms with Crippen molar-refractivity contribution >= 4 is 11.8 Å². The number of imide groups is 1. The Bertz CT molecular complexity index is 921. The van der Waals surface area contributed by atoms with Crippen molar-refractivity contribution in [3.63, 3.8) is 0 Å². The Kier molecular flexibility index (Phi) is 9.87. The quantitative estimate of drug-likeness (QED) is 0.119. The van der Waals surface area contributed by atoms with Crippen molar-refractivity contribution in [2.75, 3.05) is 19.8 Å². The van der Waals surface area contributed by atoms with Crippen LogP contribution >= 0.6 is 0 Å². The summed E-state index contributed by atoms with van der Waals surface area (Å²) in [7, 11) is 0. The third-order valence-electron chi connectivity index (χ3n) is 7.39. The highest BCUT2D eigenvalue weighted by molar-refractivity contribution is 6.13. The first-order valence-electron chi connectivity index (χ1n) is 12.5. The third-order valence-corrected chi connectivity index (χ3v) is 7.39. The number of amides is 2. The number of carbonyl (C=O) groups is 2. The van der Waals surface area contributed by atoms with Gasteiger partial charge in [0.15, 0.2) is 18.9 Å². The molecule has 15 atom stereocenters. The van der Waals surface area contributed by atoms with Crippen molar-refractivity contribution in [2.24, 2.45) is 11.5 Å². The molecule has 3 saturated heterocycles. The molecule has 12 N–H and O–H groups in total. The second-order valence-corrected chi connectivity index (χ2v) is 9.89. The van der Waals surface area contributed by atoms with Gasteiger partial charge in [0.25, 0.3) is 11.8 Å². The molecule has 4 rings (SSSR count). The normalized spacial score (nSPS) is 48.1. The predicted molar refractivity (Wildman–Crippen MR) is 124 cm³/mol. The van der Waals surface area contributed by atoms with Gasteiger partial charge >= 0.3 is 0 Å². The first-order chi connectivity index (χ1) is 18.9. The van der Waals surface area contributed by atoms with Gasteiger partial charge in [-0.05, 0) is 0 Å². The second kappa shape index (κ2) is 12.7. The maximum Gasteiger partial charge on any atom is 0.254 e. The first kappa shape index (κ1) is 31.2. The number of rotatable bonds is 8. The Labute approximate surface area is 226 Å². The number of aliphatic hydroxyl groups excluding tert-OH is 8. The van der Waals surface area contributed by atoms with Gasteiger partial charge in [0.1, 0.15) is 61.0 Å². The van der Waals surface area contributed by atoms with Crippen LogP contribution in [-0.4, -0.2) is 169 Å². The Morgan fingerprint density at radius 3 is 1.75 bits per heavy atom. The van der Waals surface area contributed by atoms with E-state index in [1.165, 1.54) is 0 Å².